The molecule has 9 heteroatoms. The second kappa shape index (κ2) is 6.98. The van der Waals surface area contributed by atoms with Gasteiger partial charge in [-0.25, -0.2) is 4.90 Å². The number of benzene rings is 2. The van der Waals surface area contributed by atoms with E-state index in [9.17, 15) is 19.2 Å². The molecule has 8 nitrogen and oxygen atoms in total. The average molecular weight is 510 g/mol. The highest BCUT2D eigenvalue weighted by molar-refractivity contribution is 9.10. The molecule has 4 aliphatic rings. The Balaban J connectivity index is 1.47. The van der Waals surface area contributed by atoms with Crippen molar-refractivity contribution in [2.75, 3.05) is 16.8 Å². The summed E-state index contributed by atoms with van der Waals surface area (Å²) in [6.07, 6.45) is 1.63. The number of hydrogen-bond acceptors (Lipinski definition) is 6. The summed E-state index contributed by atoms with van der Waals surface area (Å²) >= 11 is 3.50. The van der Waals surface area contributed by atoms with Crippen LogP contribution in [-0.4, -0.2) is 41.2 Å². The molecule has 2 aromatic rings. The number of fused-ring (bicyclic) bond motifs is 7. The van der Waals surface area contributed by atoms with Gasteiger partial charge in [-0.05, 0) is 61.9 Å². The number of nitrogens with one attached hydrogen (secondary N) is 1. The van der Waals surface area contributed by atoms with E-state index in [1.807, 2.05) is 18.2 Å². The zero-order valence-electron chi connectivity index (χ0n) is 17.7. The number of halogens is 1. The Morgan fingerprint density at radius 3 is 2.61 bits per heavy atom. The number of carbonyl (C=O) groups is 4. The zero-order valence-corrected chi connectivity index (χ0v) is 19.3. The summed E-state index contributed by atoms with van der Waals surface area (Å²) in [5, 5.41) is 2.97. The van der Waals surface area contributed by atoms with Gasteiger partial charge in [0.15, 0.2) is 0 Å². The number of carbonyl (C=O) groups excluding carboxylic acids is 4. The summed E-state index contributed by atoms with van der Waals surface area (Å²) in [4.78, 5) is 55.7. The molecule has 0 unspecified atom stereocenters. The number of esters is 1. The molecular formula is C24H20BrN3O5. The summed E-state index contributed by atoms with van der Waals surface area (Å²) in [5.74, 6) is -2.42. The molecule has 1 spiro atoms. The van der Waals surface area contributed by atoms with Gasteiger partial charge >= 0.3 is 5.97 Å². The lowest BCUT2D eigenvalue weighted by atomic mass is 9.75. The average Bonchev–Trinajstić information content (AvgIpc) is 3.47. The van der Waals surface area contributed by atoms with E-state index in [-0.39, 0.29) is 23.8 Å². The first-order valence-corrected chi connectivity index (χ1v) is 11.7. The van der Waals surface area contributed by atoms with Gasteiger partial charge in [-0.15, -0.1) is 0 Å². The SMILES string of the molecule is CC(=O)Oc1ccc(N2C(=O)[C@H]3[C@@H](C2=O)[C@]2(C(=O)Nc4ccc(Br)cc42)N2CCC[C@@H]32)cc1. The number of amides is 3. The van der Waals surface area contributed by atoms with E-state index >= 15 is 0 Å². The Morgan fingerprint density at radius 2 is 1.88 bits per heavy atom. The van der Waals surface area contributed by atoms with Crippen LogP contribution >= 0.6 is 15.9 Å². The van der Waals surface area contributed by atoms with Crippen molar-refractivity contribution in [2.45, 2.75) is 31.3 Å². The van der Waals surface area contributed by atoms with Gasteiger partial charge in [0.2, 0.25) is 17.7 Å². The summed E-state index contributed by atoms with van der Waals surface area (Å²) in [6, 6.07) is 11.7. The standard InChI is InChI=1S/C24H20BrN3O5/c1-12(29)33-15-7-5-14(6-8-15)28-21(30)19-18-3-2-10-27(18)24(20(19)22(28)31)16-11-13(25)4-9-17(16)26-23(24)32/h4-9,11,18-20H,2-3,10H2,1H3,(H,26,32)/t18-,19+,20-,24+/m0/s1. The van der Waals surface area contributed by atoms with Crippen LogP contribution in [0.3, 0.4) is 0 Å². The van der Waals surface area contributed by atoms with Crippen molar-refractivity contribution >= 4 is 51.0 Å². The third-order valence-electron chi connectivity index (χ3n) is 7.31. The van der Waals surface area contributed by atoms with E-state index in [0.717, 1.165) is 22.9 Å². The van der Waals surface area contributed by atoms with Crippen molar-refractivity contribution in [1.29, 1.82) is 0 Å². The van der Waals surface area contributed by atoms with E-state index in [1.54, 1.807) is 24.3 Å². The molecule has 0 aliphatic carbocycles. The van der Waals surface area contributed by atoms with Crippen LogP contribution in [0.2, 0.25) is 0 Å². The molecule has 4 aliphatic heterocycles. The normalized spacial score (nSPS) is 29.9. The Labute approximate surface area is 198 Å². The highest BCUT2D eigenvalue weighted by atomic mass is 79.9. The van der Waals surface area contributed by atoms with Crippen molar-refractivity contribution in [1.82, 2.24) is 4.90 Å². The number of anilines is 2. The number of nitrogens with zero attached hydrogens (tertiary/aromatic N) is 2. The summed E-state index contributed by atoms with van der Waals surface area (Å²) in [7, 11) is 0. The first kappa shape index (κ1) is 20.6. The number of rotatable bonds is 2. The largest absolute Gasteiger partial charge is 0.427 e. The van der Waals surface area contributed by atoms with Gasteiger partial charge in [-0.2, -0.15) is 0 Å². The Bertz CT molecular complexity index is 1250. The molecule has 0 aromatic heterocycles. The van der Waals surface area contributed by atoms with Crippen LogP contribution in [0, 0.1) is 11.8 Å². The first-order chi connectivity index (χ1) is 15.8. The topological polar surface area (TPSA) is 96.0 Å². The predicted molar refractivity (Wildman–Crippen MR) is 121 cm³/mol. The van der Waals surface area contributed by atoms with Crippen molar-refractivity contribution in [3.8, 4) is 5.75 Å². The second-order valence-corrected chi connectivity index (χ2v) is 9.83. The van der Waals surface area contributed by atoms with Crippen LogP contribution in [0.1, 0.15) is 25.3 Å². The Kier molecular flexibility index (Phi) is 4.35. The van der Waals surface area contributed by atoms with E-state index in [1.165, 1.54) is 11.8 Å². The minimum atomic E-state index is -1.20. The van der Waals surface area contributed by atoms with E-state index in [0.29, 0.717) is 23.7 Å². The molecule has 4 atom stereocenters. The van der Waals surface area contributed by atoms with Crippen molar-refractivity contribution < 1.29 is 23.9 Å². The van der Waals surface area contributed by atoms with E-state index in [2.05, 4.69) is 26.1 Å². The molecule has 4 heterocycles. The lowest BCUT2D eigenvalue weighted by molar-refractivity contribution is -0.135. The minimum Gasteiger partial charge on any atom is -0.427 e. The quantitative estimate of drug-likeness (QED) is 0.380. The molecule has 0 radical (unpaired) electrons. The van der Waals surface area contributed by atoms with Crippen molar-refractivity contribution in [3.63, 3.8) is 0 Å². The van der Waals surface area contributed by atoms with Gasteiger partial charge in [-0.1, -0.05) is 15.9 Å². The van der Waals surface area contributed by atoms with E-state index < -0.39 is 23.3 Å². The molecule has 0 bridgehead atoms. The molecular weight excluding hydrogens is 490 g/mol. The third kappa shape index (κ3) is 2.60. The fourth-order valence-electron chi connectivity index (χ4n) is 6.26. The molecule has 3 fully saturated rings. The fourth-order valence-corrected chi connectivity index (χ4v) is 6.62. The van der Waals surface area contributed by atoms with Gasteiger partial charge in [0, 0.05) is 28.7 Å². The van der Waals surface area contributed by atoms with Crippen molar-refractivity contribution in [2.24, 2.45) is 11.8 Å². The summed E-state index contributed by atoms with van der Waals surface area (Å²) in [5.41, 5.74) is 0.626. The smallest absolute Gasteiger partial charge is 0.308 e. The second-order valence-electron chi connectivity index (χ2n) is 8.92. The van der Waals surface area contributed by atoms with Crippen LogP contribution in [0.15, 0.2) is 46.9 Å². The molecule has 2 aromatic carbocycles. The molecule has 6 rings (SSSR count). The zero-order chi connectivity index (χ0) is 23.1. The van der Waals surface area contributed by atoms with Gasteiger partial charge in [-0.3, -0.25) is 24.1 Å². The Morgan fingerprint density at radius 1 is 1.12 bits per heavy atom. The number of imide groups is 1. The van der Waals surface area contributed by atoms with Crippen LogP contribution in [0.4, 0.5) is 11.4 Å². The lowest BCUT2D eigenvalue weighted by Gasteiger charge is -2.36. The van der Waals surface area contributed by atoms with Gasteiger partial charge in [0.1, 0.15) is 11.3 Å². The molecule has 1 N–H and O–H groups in total. The van der Waals surface area contributed by atoms with Crippen LogP contribution in [0.25, 0.3) is 0 Å². The monoisotopic (exact) mass is 509 g/mol. The predicted octanol–water partition coefficient (Wildman–Crippen LogP) is 2.81. The van der Waals surface area contributed by atoms with E-state index in [4.69, 9.17) is 4.74 Å². The lowest BCUT2D eigenvalue weighted by Crippen LogP contribution is -2.54. The van der Waals surface area contributed by atoms with Crippen LogP contribution in [0.5, 0.6) is 5.75 Å². The van der Waals surface area contributed by atoms with Crippen LogP contribution < -0.4 is 15.0 Å². The van der Waals surface area contributed by atoms with Crippen molar-refractivity contribution in [3.05, 3.63) is 52.5 Å². The fraction of sp³-hybridized carbons (Fsp3) is 0.333. The summed E-state index contributed by atoms with van der Waals surface area (Å²) < 4.78 is 5.88. The maximum atomic E-state index is 13.9. The van der Waals surface area contributed by atoms with Gasteiger partial charge in [0.05, 0.1) is 17.5 Å². The highest BCUT2D eigenvalue weighted by Crippen LogP contribution is 2.60. The molecule has 0 saturated carbocycles. The highest BCUT2D eigenvalue weighted by Gasteiger charge is 2.74. The van der Waals surface area contributed by atoms with Gasteiger partial charge < -0.3 is 10.1 Å². The molecule has 3 amide bonds. The molecule has 33 heavy (non-hydrogen) atoms. The summed E-state index contributed by atoms with van der Waals surface area (Å²) in [6.45, 7) is 1.97. The minimum absolute atomic E-state index is 0.174. The molecule has 168 valence electrons. The Hall–Kier alpha value is -3.04. The maximum absolute atomic E-state index is 13.9. The molecule has 3 saturated heterocycles. The number of hydrogen-bond donors (Lipinski definition) is 1. The van der Waals surface area contributed by atoms with Gasteiger partial charge in [0.25, 0.3) is 0 Å². The first-order valence-electron chi connectivity index (χ1n) is 10.9. The third-order valence-corrected chi connectivity index (χ3v) is 7.80. The maximum Gasteiger partial charge on any atom is 0.308 e. The number of ether oxygens (including phenoxy) is 1. The van der Waals surface area contributed by atoms with Crippen LogP contribution in [-0.2, 0) is 24.7 Å².